The first-order valence-corrected chi connectivity index (χ1v) is 6.09. The van der Waals surface area contributed by atoms with Crippen LogP contribution in [-0.2, 0) is 4.74 Å². The normalized spacial score (nSPS) is 10.1. The molecule has 0 aliphatic rings. The third-order valence-electron chi connectivity index (χ3n) is 2.61. The van der Waals surface area contributed by atoms with Gasteiger partial charge in [-0.25, -0.2) is 0 Å². The number of unbranched alkanes of at least 4 members (excludes halogenated alkanes) is 1. The number of hydrogen-bond donors (Lipinski definition) is 0. The third kappa shape index (κ3) is 4.44. The molecule has 5 heteroatoms. The Morgan fingerprint density at radius 3 is 2.05 bits per heavy atom. The van der Waals surface area contributed by atoms with Gasteiger partial charge in [-0.1, -0.05) is 0 Å². The smallest absolute Gasteiger partial charge is 0.203 e. The summed E-state index contributed by atoms with van der Waals surface area (Å²) in [6.45, 7) is 1.25. The maximum atomic E-state index is 10.8. The molecule has 0 saturated carbocycles. The molecule has 0 aromatic heterocycles. The zero-order valence-corrected chi connectivity index (χ0v) is 11.6. The van der Waals surface area contributed by atoms with E-state index in [2.05, 4.69) is 0 Å². The molecule has 1 aromatic carbocycles. The molecule has 0 N–H and O–H groups in total. The zero-order valence-electron chi connectivity index (χ0n) is 11.6. The molecule has 106 valence electrons. The topological polar surface area (TPSA) is 54.0 Å². The lowest BCUT2D eigenvalue weighted by Gasteiger charge is -2.14. The van der Waals surface area contributed by atoms with E-state index in [4.69, 9.17) is 18.9 Å². The SMILES string of the molecule is COCCCCOc1c(OC)cc(C=O)cc1OC. The summed E-state index contributed by atoms with van der Waals surface area (Å²) in [6.07, 6.45) is 2.54. The van der Waals surface area contributed by atoms with Crippen molar-refractivity contribution in [1.82, 2.24) is 0 Å². The maximum Gasteiger partial charge on any atom is 0.203 e. The predicted molar refractivity (Wildman–Crippen MR) is 71.5 cm³/mol. The fourth-order valence-electron chi connectivity index (χ4n) is 1.63. The molecule has 0 radical (unpaired) electrons. The first kappa shape index (κ1) is 15.3. The quantitative estimate of drug-likeness (QED) is 0.508. The van der Waals surface area contributed by atoms with Crippen molar-refractivity contribution in [2.45, 2.75) is 12.8 Å². The molecule has 0 amide bonds. The molecule has 0 aliphatic carbocycles. The van der Waals surface area contributed by atoms with Crippen LogP contribution in [-0.4, -0.2) is 40.8 Å². The Morgan fingerprint density at radius 2 is 1.58 bits per heavy atom. The summed E-state index contributed by atoms with van der Waals surface area (Å²) in [6, 6.07) is 3.25. The van der Waals surface area contributed by atoms with Gasteiger partial charge in [-0.2, -0.15) is 0 Å². The highest BCUT2D eigenvalue weighted by molar-refractivity contribution is 5.78. The average molecular weight is 268 g/mol. The highest BCUT2D eigenvalue weighted by atomic mass is 16.5. The lowest BCUT2D eigenvalue weighted by atomic mass is 10.2. The van der Waals surface area contributed by atoms with Gasteiger partial charge in [0.2, 0.25) is 5.75 Å². The third-order valence-corrected chi connectivity index (χ3v) is 2.61. The largest absolute Gasteiger partial charge is 0.493 e. The van der Waals surface area contributed by atoms with E-state index >= 15 is 0 Å². The fraction of sp³-hybridized carbons (Fsp3) is 0.500. The standard InChI is InChI=1S/C14H20O5/c1-16-6-4-5-7-19-14-12(17-2)8-11(10-15)9-13(14)18-3/h8-10H,4-7H2,1-3H3. The van der Waals surface area contributed by atoms with Crippen LogP contribution in [0.2, 0.25) is 0 Å². The lowest BCUT2D eigenvalue weighted by molar-refractivity contribution is 0.112. The van der Waals surface area contributed by atoms with Crippen LogP contribution in [0.25, 0.3) is 0 Å². The van der Waals surface area contributed by atoms with E-state index in [1.165, 1.54) is 14.2 Å². The van der Waals surface area contributed by atoms with E-state index in [0.717, 1.165) is 19.1 Å². The van der Waals surface area contributed by atoms with E-state index in [9.17, 15) is 4.79 Å². The minimum absolute atomic E-state index is 0.487. The monoisotopic (exact) mass is 268 g/mol. The molecule has 0 atom stereocenters. The van der Waals surface area contributed by atoms with Crippen molar-refractivity contribution in [2.75, 3.05) is 34.5 Å². The number of carbonyl (C=O) groups excluding carboxylic acids is 1. The van der Waals surface area contributed by atoms with Crippen molar-refractivity contribution < 1.29 is 23.7 Å². The molecule has 0 heterocycles. The van der Waals surface area contributed by atoms with Crippen molar-refractivity contribution in [3.8, 4) is 17.2 Å². The average Bonchev–Trinajstić information content (AvgIpc) is 2.46. The van der Waals surface area contributed by atoms with Gasteiger partial charge >= 0.3 is 0 Å². The van der Waals surface area contributed by atoms with Gasteiger partial charge < -0.3 is 18.9 Å². The molecular formula is C14H20O5. The summed E-state index contributed by atoms with van der Waals surface area (Å²) in [5.74, 6) is 1.51. The number of methoxy groups -OCH3 is 3. The van der Waals surface area contributed by atoms with E-state index in [0.29, 0.717) is 36.0 Å². The molecule has 0 spiro atoms. The minimum atomic E-state index is 0.487. The second kappa shape index (κ2) is 8.37. The maximum absolute atomic E-state index is 10.8. The molecule has 0 fully saturated rings. The van der Waals surface area contributed by atoms with Crippen molar-refractivity contribution in [1.29, 1.82) is 0 Å². The van der Waals surface area contributed by atoms with Crippen LogP contribution in [0, 0.1) is 0 Å². The number of hydrogen-bond acceptors (Lipinski definition) is 5. The number of ether oxygens (including phenoxy) is 4. The van der Waals surface area contributed by atoms with Gasteiger partial charge in [0.05, 0.1) is 20.8 Å². The van der Waals surface area contributed by atoms with Crippen LogP contribution in [0.5, 0.6) is 17.2 Å². The van der Waals surface area contributed by atoms with Crippen LogP contribution in [0.1, 0.15) is 23.2 Å². The molecule has 0 bridgehead atoms. The van der Waals surface area contributed by atoms with Crippen molar-refractivity contribution in [3.05, 3.63) is 17.7 Å². The summed E-state index contributed by atoms with van der Waals surface area (Å²) in [7, 11) is 4.73. The molecule has 1 aromatic rings. The van der Waals surface area contributed by atoms with Gasteiger partial charge in [0.25, 0.3) is 0 Å². The number of aldehydes is 1. The van der Waals surface area contributed by atoms with Gasteiger partial charge in [0.1, 0.15) is 6.29 Å². The Bertz CT molecular complexity index is 378. The van der Waals surface area contributed by atoms with Crippen LogP contribution in [0.3, 0.4) is 0 Å². The van der Waals surface area contributed by atoms with Gasteiger partial charge in [0, 0.05) is 19.3 Å². The van der Waals surface area contributed by atoms with Gasteiger partial charge in [0.15, 0.2) is 11.5 Å². The molecule has 19 heavy (non-hydrogen) atoms. The summed E-state index contributed by atoms with van der Waals surface area (Å²) < 4.78 is 21.1. The summed E-state index contributed by atoms with van der Waals surface area (Å²) in [4.78, 5) is 10.8. The van der Waals surface area contributed by atoms with E-state index in [1.54, 1.807) is 19.2 Å². The van der Waals surface area contributed by atoms with Crippen LogP contribution in [0.4, 0.5) is 0 Å². The van der Waals surface area contributed by atoms with Crippen molar-refractivity contribution in [3.63, 3.8) is 0 Å². The summed E-state index contributed by atoms with van der Waals surface area (Å²) >= 11 is 0. The highest BCUT2D eigenvalue weighted by Gasteiger charge is 2.13. The number of rotatable bonds is 9. The Morgan fingerprint density at radius 1 is 1.00 bits per heavy atom. The Kier molecular flexibility index (Phi) is 6.74. The molecule has 0 unspecified atom stereocenters. The zero-order chi connectivity index (χ0) is 14.1. The van der Waals surface area contributed by atoms with Crippen molar-refractivity contribution >= 4 is 6.29 Å². The first-order valence-electron chi connectivity index (χ1n) is 6.09. The molecule has 0 aliphatic heterocycles. The van der Waals surface area contributed by atoms with Crippen LogP contribution in [0.15, 0.2) is 12.1 Å². The van der Waals surface area contributed by atoms with Gasteiger partial charge in [-0.15, -0.1) is 0 Å². The van der Waals surface area contributed by atoms with Gasteiger partial charge in [-0.05, 0) is 25.0 Å². The Labute approximate surface area is 113 Å². The van der Waals surface area contributed by atoms with Crippen molar-refractivity contribution in [2.24, 2.45) is 0 Å². The van der Waals surface area contributed by atoms with Crippen LogP contribution < -0.4 is 14.2 Å². The predicted octanol–water partition coefficient (Wildman–Crippen LogP) is 2.32. The number of carbonyl (C=O) groups is 1. The molecule has 1 rings (SSSR count). The van der Waals surface area contributed by atoms with E-state index < -0.39 is 0 Å². The van der Waals surface area contributed by atoms with E-state index in [-0.39, 0.29) is 0 Å². The molecule has 0 saturated heterocycles. The first-order chi connectivity index (χ1) is 9.26. The summed E-state index contributed by atoms with van der Waals surface area (Å²) in [5, 5.41) is 0. The number of benzene rings is 1. The fourth-order valence-corrected chi connectivity index (χ4v) is 1.63. The Hall–Kier alpha value is -1.75. The second-order valence-electron chi connectivity index (χ2n) is 3.92. The van der Waals surface area contributed by atoms with E-state index in [1.807, 2.05) is 0 Å². The van der Waals surface area contributed by atoms with Gasteiger partial charge in [-0.3, -0.25) is 4.79 Å². The summed E-state index contributed by atoms with van der Waals surface area (Å²) in [5.41, 5.74) is 0.487. The molecule has 5 nitrogen and oxygen atoms in total. The lowest BCUT2D eigenvalue weighted by Crippen LogP contribution is -2.03. The second-order valence-corrected chi connectivity index (χ2v) is 3.92. The highest BCUT2D eigenvalue weighted by Crippen LogP contribution is 2.38. The molecular weight excluding hydrogens is 248 g/mol. The Balaban J connectivity index is 2.76. The van der Waals surface area contributed by atoms with Crippen LogP contribution >= 0.6 is 0 Å². The minimum Gasteiger partial charge on any atom is -0.493 e.